The Morgan fingerprint density at radius 1 is 0.463 bits per heavy atom. The van der Waals surface area contributed by atoms with Crippen molar-refractivity contribution in [2.45, 2.75) is 207 Å². The van der Waals surface area contributed by atoms with E-state index < -0.39 is 0 Å². The number of ether oxygens (including phenoxy) is 2. The van der Waals surface area contributed by atoms with Crippen molar-refractivity contribution in [2.75, 3.05) is 0 Å². The predicted octanol–water partition coefficient (Wildman–Crippen LogP) is 17.7. The zero-order chi connectivity index (χ0) is 39.0. The number of benzene rings is 1. The van der Waals surface area contributed by atoms with E-state index >= 15 is 0 Å². The number of carbonyl (C=O) groups excluding carboxylic acids is 2. The summed E-state index contributed by atoms with van der Waals surface area (Å²) in [6, 6.07) is 4.07. The third-order valence-corrected chi connectivity index (χ3v) is 14.3. The van der Waals surface area contributed by atoms with Crippen LogP contribution in [0.3, 0.4) is 0 Å². The van der Waals surface area contributed by atoms with Gasteiger partial charge in [0.15, 0.2) is 11.5 Å². The van der Waals surface area contributed by atoms with Gasteiger partial charge in [-0.05, 0) is 69.7 Å². The molecule has 0 aliphatic rings. The van der Waals surface area contributed by atoms with Gasteiger partial charge in [-0.1, -0.05) is 182 Å². The molecule has 0 aliphatic carbocycles. The topological polar surface area (TPSA) is 52.6 Å². The fourth-order valence-electron chi connectivity index (χ4n) is 7.66. The minimum absolute atomic E-state index is 0.111. The summed E-state index contributed by atoms with van der Waals surface area (Å²) in [6.07, 6.45) is 32.6. The van der Waals surface area contributed by atoms with E-state index in [4.69, 9.17) is 9.47 Å². The molecule has 0 spiro atoms. The quantitative estimate of drug-likeness (QED) is 0.0356. The van der Waals surface area contributed by atoms with Crippen LogP contribution < -0.4 is 9.47 Å². The highest BCUT2D eigenvalue weighted by Crippen LogP contribution is 2.51. The lowest BCUT2D eigenvalue weighted by Gasteiger charge is -2.19. The van der Waals surface area contributed by atoms with Crippen LogP contribution in [0.4, 0.5) is 0 Å². The second kappa shape index (κ2) is 28.4. The van der Waals surface area contributed by atoms with Crippen LogP contribution in [0.1, 0.15) is 207 Å². The molecule has 3 rings (SSSR count). The SMILES string of the molecule is CCCCCCCCCC(CCCCCCC)C(=O)Oc1c2cc(Br)sc2c(OC(=O)C(CCCCCCC)CCCCCCCCC)c2cc(Br)sc12. The maximum atomic E-state index is 14.1. The Morgan fingerprint density at radius 3 is 1.00 bits per heavy atom. The van der Waals surface area contributed by atoms with E-state index in [1.54, 1.807) is 22.7 Å². The molecule has 4 nitrogen and oxygen atoms in total. The molecule has 306 valence electrons. The summed E-state index contributed by atoms with van der Waals surface area (Å²) < 4.78 is 16.6. The predicted molar refractivity (Wildman–Crippen MR) is 243 cm³/mol. The lowest BCUT2D eigenvalue weighted by Crippen LogP contribution is -2.22. The van der Waals surface area contributed by atoms with Crippen LogP contribution in [0.25, 0.3) is 20.2 Å². The summed E-state index contributed by atoms with van der Waals surface area (Å²) in [5.41, 5.74) is 0. The number of thiophene rings is 2. The highest BCUT2D eigenvalue weighted by Gasteiger charge is 2.29. The first-order valence-corrected chi connectivity index (χ1v) is 25.3. The molecule has 2 aromatic heterocycles. The van der Waals surface area contributed by atoms with Crippen LogP contribution in [0, 0.1) is 11.8 Å². The van der Waals surface area contributed by atoms with Crippen molar-refractivity contribution in [1.82, 2.24) is 0 Å². The summed E-state index contributed by atoms with van der Waals surface area (Å²) in [6.45, 7) is 9.00. The molecule has 0 fully saturated rings. The lowest BCUT2D eigenvalue weighted by molar-refractivity contribution is -0.140. The Hall–Kier alpha value is -0.960. The molecule has 2 heterocycles. The van der Waals surface area contributed by atoms with Gasteiger partial charge >= 0.3 is 11.9 Å². The maximum absolute atomic E-state index is 14.1. The highest BCUT2D eigenvalue weighted by molar-refractivity contribution is 9.11. The summed E-state index contributed by atoms with van der Waals surface area (Å²) in [5.74, 6) is 0.754. The molecule has 0 saturated heterocycles. The van der Waals surface area contributed by atoms with Gasteiger partial charge < -0.3 is 9.47 Å². The standard InChI is InChI=1S/C46H72Br2O4S2/c1-5-9-13-17-19-23-27-31-35(29-25-21-15-11-7-3)45(49)51-41-37-33-39(47)54-44(37)42(38-34-40(48)53-43(38)41)52-46(50)36(30-26-22-16-12-8-4)32-28-24-20-18-14-10-6-2/h33-36H,5-32H2,1-4H3. The molecule has 2 unspecified atom stereocenters. The van der Waals surface area contributed by atoms with E-state index in [0.29, 0.717) is 11.5 Å². The highest BCUT2D eigenvalue weighted by atomic mass is 79.9. The van der Waals surface area contributed by atoms with Crippen LogP contribution in [-0.4, -0.2) is 11.9 Å². The average Bonchev–Trinajstić information content (AvgIpc) is 3.75. The van der Waals surface area contributed by atoms with Crippen LogP contribution in [0.15, 0.2) is 19.7 Å². The molecule has 54 heavy (non-hydrogen) atoms. The average molecular weight is 913 g/mol. The van der Waals surface area contributed by atoms with Crippen molar-refractivity contribution in [1.29, 1.82) is 0 Å². The smallest absolute Gasteiger partial charge is 0.314 e. The zero-order valence-corrected chi connectivity index (χ0v) is 39.1. The first kappa shape index (κ1) is 47.4. The maximum Gasteiger partial charge on any atom is 0.314 e. The summed E-state index contributed by atoms with van der Waals surface area (Å²) in [7, 11) is 0. The number of rotatable bonds is 32. The van der Waals surface area contributed by atoms with E-state index in [2.05, 4.69) is 59.6 Å². The minimum atomic E-state index is -0.117. The Morgan fingerprint density at radius 2 is 0.722 bits per heavy atom. The Bertz CT molecular complexity index is 1320. The number of fused-ring (bicyclic) bond motifs is 2. The molecule has 1 aromatic carbocycles. The Balaban J connectivity index is 1.83. The van der Waals surface area contributed by atoms with Crippen molar-refractivity contribution >= 4 is 86.6 Å². The van der Waals surface area contributed by atoms with E-state index in [9.17, 15) is 9.59 Å². The number of halogens is 2. The first-order valence-electron chi connectivity index (χ1n) is 22.1. The largest absolute Gasteiger partial charge is 0.424 e. The fraction of sp³-hybridized carbons (Fsp3) is 0.739. The molecule has 0 radical (unpaired) electrons. The third-order valence-electron chi connectivity index (χ3n) is 11.0. The molecule has 3 aromatic rings. The van der Waals surface area contributed by atoms with Crippen LogP contribution >= 0.6 is 54.5 Å². The first-order chi connectivity index (χ1) is 26.3. The third kappa shape index (κ3) is 16.9. The molecule has 0 saturated carbocycles. The number of hydrogen-bond acceptors (Lipinski definition) is 6. The van der Waals surface area contributed by atoms with Gasteiger partial charge in [0.25, 0.3) is 0 Å². The molecule has 0 aliphatic heterocycles. The monoisotopic (exact) mass is 910 g/mol. The van der Waals surface area contributed by atoms with Gasteiger partial charge in [0.05, 0.1) is 28.8 Å². The van der Waals surface area contributed by atoms with Crippen molar-refractivity contribution in [3.05, 3.63) is 19.7 Å². The molecule has 0 N–H and O–H groups in total. The van der Waals surface area contributed by atoms with Gasteiger partial charge in [-0.25, -0.2) is 0 Å². The van der Waals surface area contributed by atoms with E-state index in [0.717, 1.165) is 92.0 Å². The van der Waals surface area contributed by atoms with Crippen molar-refractivity contribution in [3.63, 3.8) is 0 Å². The molecular weight excluding hydrogens is 840 g/mol. The molecule has 2 atom stereocenters. The Labute approximate surface area is 353 Å². The second-order valence-corrected chi connectivity index (χ2v) is 20.6. The molecular formula is C46H72Br2O4S2. The molecule has 0 bridgehead atoms. The number of carbonyl (C=O) groups is 2. The van der Waals surface area contributed by atoms with Crippen molar-refractivity contribution in [3.8, 4) is 11.5 Å². The van der Waals surface area contributed by atoms with E-state index in [1.165, 1.54) is 116 Å². The second-order valence-electron chi connectivity index (χ2n) is 15.7. The van der Waals surface area contributed by atoms with Gasteiger partial charge in [-0.15, -0.1) is 22.7 Å². The lowest BCUT2D eigenvalue weighted by atomic mass is 9.94. The zero-order valence-electron chi connectivity index (χ0n) is 34.3. The number of esters is 2. The van der Waals surface area contributed by atoms with Gasteiger partial charge in [0.1, 0.15) is 0 Å². The van der Waals surface area contributed by atoms with Gasteiger partial charge in [0, 0.05) is 10.8 Å². The number of unbranched alkanes of at least 4 members (excludes halogenated alkanes) is 20. The Kier molecular flexibility index (Phi) is 25.0. The van der Waals surface area contributed by atoms with Gasteiger partial charge in [-0.2, -0.15) is 0 Å². The minimum Gasteiger partial charge on any atom is -0.424 e. The normalized spacial score (nSPS) is 12.9. The summed E-state index contributed by atoms with van der Waals surface area (Å²) in [4.78, 5) is 28.3. The van der Waals surface area contributed by atoms with Crippen LogP contribution in [0.2, 0.25) is 0 Å². The van der Waals surface area contributed by atoms with Gasteiger partial charge in [0.2, 0.25) is 0 Å². The molecule has 0 amide bonds. The van der Waals surface area contributed by atoms with Gasteiger partial charge in [-0.3, -0.25) is 9.59 Å². The van der Waals surface area contributed by atoms with E-state index in [1.807, 2.05) is 12.1 Å². The van der Waals surface area contributed by atoms with E-state index in [-0.39, 0.29) is 23.8 Å². The van der Waals surface area contributed by atoms with Crippen LogP contribution in [0.5, 0.6) is 11.5 Å². The number of hydrogen-bond donors (Lipinski definition) is 0. The summed E-state index contributed by atoms with van der Waals surface area (Å²) in [5, 5.41) is 1.68. The van der Waals surface area contributed by atoms with Crippen LogP contribution in [-0.2, 0) is 9.59 Å². The summed E-state index contributed by atoms with van der Waals surface area (Å²) >= 11 is 10.6. The van der Waals surface area contributed by atoms with Crippen molar-refractivity contribution < 1.29 is 19.1 Å². The molecule has 8 heteroatoms. The van der Waals surface area contributed by atoms with Crippen molar-refractivity contribution in [2.24, 2.45) is 11.8 Å². The fourth-order valence-corrected chi connectivity index (χ4v) is 10.8.